The number of carbonyl (C=O) groups excluding carboxylic acids is 1. The normalized spacial score (nSPS) is 20.0. The van der Waals surface area contributed by atoms with Crippen LogP contribution in [0.2, 0.25) is 0 Å². The quantitative estimate of drug-likeness (QED) is 0.749. The summed E-state index contributed by atoms with van der Waals surface area (Å²) in [6, 6.07) is 9.53. The Labute approximate surface area is 108 Å². The molecule has 0 amide bonds. The van der Waals surface area contributed by atoms with Gasteiger partial charge in [-0.1, -0.05) is 12.8 Å². The fraction of sp³-hybridized carbons (Fsp3) is 0.467. The van der Waals surface area contributed by atoms with Crippen molar-refractivity contribution in [3.05, 3.63) is 29.8 Å². The van der Waals surface area contributed by atoms with E-state index < -0.39 is 0 Å². The third-order valence-electron chi connectivity index (χ3n) is 3.64. The van der Waals surface area contributed by atoms with Gasteiger partial charge in [0.15, 0.2) is 5.78 Å². The molecule has 18 heavy (non-hydrogen) atoms. The van der Waals surface area contributed by atoms with E-state index in [-0.39, 0.29) is 6.04 Å². The van der Waals surface area contributed by atoms with Gasteiger partial charge in [-0.3, -0.25) is 4.79 Å². The zero-order chi connectivity index (χ0) is 13.0. The number of Topliss-reactive ketones (excluding diaryl/α,β-unsaturated/α-hetero) is 1. The van der Waals surface area contributed by atoms with Crippen LogP contribution in [0, 0.1) is 11.3 Å². The van der Waals surface area contributed by atoms with Gasteiger partial charge in [-0.05, 0) is 37.1 Å². The van der Waals surface area contributed by atoms with E-state index in [0.717, 1.165) is 31.4 Å². The van der Waals surface area contributed by atoms with E-state index in [1.165, 1.54) is 0 Å². The summed E-state index contributed by atoms with van der Waals surface area (Å²) >= 11 is 0. The largest absolute Gasteiger partial charge is 0.365 e. The first kappa shape index (κ1) is 12.6. The van der Waals surface area contributed by atoms with Crippen molar-refractivity contribution in [2.24, 2.45) is 0 Å². The molecule has 3 nitrogen and oxygen atoms in total. The van der Waals surface area contributed by atoms with Crippen LogP contribution in [0.1, 0.15) is 37.7 Å². The number of anilines is 1. The van der Waals surface area contributed by atoms with Gasteiger partial charge in [-0.2, -0.15) is 5.26 Å². The maximum atomic E-state index is 12.1. The van der Waals surface area contributed by atoms with Crippen LogP contribution >= 0.6 is 0 Å². The van der Waals surface area contributed by atoms with Crippen molar-refractivity contribution >= 4 is 11.5 Å². The summed E-state index contributed by atoms with van der Waals surface area (Å²) < 4.78 is 0. The molecule has 0 aromatic heterocycles. The number of hydrogen-bond acceptors (Lipinski definition) is 3. The Morgan fingerprint density at radius 3 is 2.61 bits per heavy atom. The molecule has 1 saturated carbocycles. The molecule has 0 aliphatic heterocycles. The van der Waals surface area contributed by atoms with E-state index in [4.69, 9.17) is 5.26 Å². The number of nitrogens with zero attached hydrogens (tertiary/aromatic N) is 2. The van der Waals surface area contributed by atoms with E-state index in [1.807, 2.05) is 19.2 Å². The summed E-state index contributed by atoms with van der Waals surface area (Å²) in [6.45, 7) is 0. The average Bonchev–Trinajstić information content (AvgIpc) is 2.63. The molecule has 0 radical (unpaired) electrons. The molecular weight excluding hydrogens is 224 g/mol. The minimum atomic E-state index is 0.000403. The number of rotatable bonds is 2. The summed E-state index contributed by atoms with van der Waals surface area (Å²) in [7, 11) is 1.97. The smallest absolute Gasteiger partial charge is 0.155 e. The van der Waals surface area contributed by atoms with Gasteiger partial charge < -0.3 is 4.90 Å². The summed E-state index contributed by atoms with van der Waals surface area (Å²) in [5, 5.41) is 8.78. The van der Waals surface area contributed by atoms with Crippen molar-refractivity contribution in [1.82, 2.24) is 0 Å². The Bertz CT molecular complexity index is 458. The maximum Gasteiger partial charge on any atom is 0.155 e. The van der Waals surface area contributed by atoms with Gasteiger partial charge in [0.2, 0.25) is 0 Å². The van der Waals surface area contributed by atoms with E-state index >= 15 is 0 Å². The molecule has 0 heterocycles. The van der Waals surface area contributed by atoms with Gasteiger partial charge in [-0.25, -0.2) is 0 Å². The Balaban J connectivity index is 2.15. The van der Waals surface area contributed by atoms with Gasteiger partial charge in [0.05, 0.1) is 17.7 Å². The second kappa shape index (κ2) is 5.68. The van der Waals surface area contributed by atoms with Gasteiger partial charge in [0.1, 0.15) is 0 Å². The van der Waals surface area contributed by atoms with Crippen LogP contribution in [0.15, 0.2) is 24.3 Å². The summed E-state index contributed by atoms with van der Waals surface area (Å²) in [5.41, 5.74) is 1.66. The van der Waals surface area contributed by atoms with E-state index in [1.54, 1.807) is 12.1 Å². The van der Waals surface area contributed by atoms with E-state index in [2.05, 4.69) is 11.0 Å². The number of carbonyl (C=O) groups is 1. The van der Waals surface area contributed by atoms with Crippen molar-refractivity contribution in [1.29, 1.82) is 5.26 Å². The molecule has 0 spiro atoms. The molecule has 1 unspecified atom stereocenters. The van der Waals surface area contributed by atoms with Crippen molar-refractivity contribution < 1.29 is 4.79 Å². The van der Waals surface area contributed by atoms with Crippen molar-refractivity contribution in [2.45, 2.75) is 38.1 Å². The maximum absolute atomic E-state index is 12.1. The summed E-state index contributed by atoms with van der Waals surface area (Å²) in [4.78, 5) is 14.1. The van der Waals surface area contributed by atoms with Gasteiger partial charge in [0, 0.05) is 19.2 Å². The predicted octanol–water partition coefficient (Wildman–Crippen LogP) is 2.90. The molecule has 1 aromatic carbocycles. The van der Waals surface area contributed by atoms with Crippen LogP contribution in [0.3, 0.4) is 0 Å². The molecule has 0 saturated heterocycles. The first-order valence-electron chi connectivity index (χ1n) is 6.48. The van der Waals surface area contributed by atoms with Crippen molar-refractivity contribution in [3.63, 3.8) is 0 Å². The standard InChI is InChI=1S/C15H18N2O/c1-17(13-9-7-12(11-16)8-10-13)14-5-3-2-4-6-15(14)18/h7-10,14H,2-6H2,1H3. The van der Waals surface area contributed by atoms with Crippen LogP contribution in [0.25, 0.3) is 0 Å². The Kier molecular flexibility index (Phi) is 3.99. The molecule has 1 fully saturated rings. The van der Waals surface area contributed by atoms with Crippen LogP contribution < -0.4 is 4.90 Å². The minimum absolute atomic E-state index is 0.000403. The highest BCUT2D eigenvalue weighted by molar-refractivity contribution is 5.87. The number of hydrogen-bond donors (Lipinski definition) is 0. The molecule has 1 aromatic rings. The molecule has 3 heteroatoms. The van der Waals surface area contributed by atoms with E-state index in [9.17, 15) is 4.79 Å². The Hall–Kier alpha value is -1.82. The summed E-state index contributed by atoms with van der Waals surface area (Å²) in [6.07, 6.45) is 4.94. The molecule has 0 N–H and O–H groups in total. The fourth-order valence-electron chi connectivity index (χ4n) is 2.50. The molecule has 1 aliphatic rings. The monoisotopic (exact) mass is 242 g/mol. The lowest BCUT2D eigenvalue weighted by atomic mass is 10.1. The van der Waals surface area contributed by atoms with Crippen molar-refractivity contribution in [2.75, 3.05) is 11.9 Å². The molecule has 1 aliphatic carbocycles. The number of nitriles is 1. The SMILES string of the molecule is CN(c1ccc(C#N)cc1)C1CCCCCC1=O. The van der Waals surface area contributed by atoms with Crippen LogP contribution in [0.5, 0.6) is 0 Å². The van der Waals surface area contributed by atoms with Gasteiger partial charge >= 0.3 is 0 Å². The molecule has 2 rings (SSSR count). The first-order chi connectivity index (χ1) is 8.72. The molecular formula is C15H18N2O. The lowest BCUT2D eigenvalue weighted by Gasteiger charge is -2.28. The first-order valence-corrected chi connectivity index (χ1v) is 6.48. The highest BCUT2D eigenvalue weighted by atomic mass is 16.1. The highest BCUT2D eigenvalue weighted by Crippen LogP contribution is 2.23. The summed E-state index contributed by atoms with van der Waals surface area (Å²) in [5.74, 6) is 0.347. The fourth-order valence-corrected chi connectivity index (χ4v) is 2.50. The Morgan fingerprint density at radius 2 is 1.94 bits per heavy atom. The third kappa shape index (κ3) is 2.70. The van der Waals surface area contributed by atoms with Crippen molar-refractivity contribution in [3.8, 4) is 6.07 Å². The Morgan fingerprint density at radius 1 is 1.22 bits per heavy atom. The molecule has 0 bridgehead atoms. The van der Waals surface area contributed by atoms with Crippen LogP contribution in [-0.4, -0.2) is 18.9 Å². The van der Waals surface area contributed by atoms with E-state index in [0.29, 0.717) is 17.8 Å². The third-order valence-corrected chi connectivity index (χ3v) is 3.64. The number of likely N-dealkylation sites (N-methyl/N-ethyl adjacent to an activating group) is 1. The second-order valence-electron chi connectivity index (χ2n) is 4.85. The highest BCUT2D eigenvalue weighted by Gasteiger charge is 2.24. The number of benzene rings is 1. The van der Waals surface area contributed by atoms with Crippen LogP contribution in [0.4, 0.5) is 5.69 Å². The second-order valence-corrected chi connectivity index (χ2v) is 4.85. The van der Waals surface area contributed by atoms with Crippen LogP contribution in [-0.2, 0) is 4.79 Å². The zero-order valence-corrected chi connectivity index (χ0v) is 10.7. The number of ketones is 1. The van der Waals surface area contributed by atoms with Gasteiger partial charge in [0.25, 0.3) is 0 Å². The molecule has 94 valence electrons. The van der Waals surface area contributed by atoms with Gasteiger partial charge in [-0.15, -0.1) is 0 Å². The lowest BCUT2D eigenvalue weighted by molar-refractivity contribution is -0.120. The average molecular weight is 242 g/mol. The topological polar surface area (TPSA) is 44.1 Å². The predicted molar refractivity (Wildman–Crippen MR) is 71.4 cm³/mol. The minimum Gasteiger partial charge on any atom is -0.365 e. The molecule has 1 atom stereocenters. The zero-order valence-electron chi connectivity index (χ0n) is 10.7. The lowest BCUT2D eigenvalue weighted by Crippen LogP contribution is -2.37.